The predicted molar refractivity (Wildman–Crippen MR) is 155 cm³/mol. The van der Waals surface area contributed by atoms with Crippen LogP contribution in [0.25, 0.3) is 27.8 Å². The van der Waals surface area contributed by atoms with Crippen LogP contribution in [0.4, 0.5) is 5.82 Å². The second-order valence-corrected chi connectivity index (χ2v) is 11.2. The van der Waals surface area contributed by atoms with Crippen LogP contribution < -0.4 is 9.64 Å². The van der Waals surface area contributed by atoms with E-state index in [0.29, 0.717) is 18.0 Å². The van der Waals surface area contributed by atoms with Crippen LogP contribution in [-0.2, 0) is 13.6 Å². The van der Waals surface area contributed by atoms with Gasteiger partial charge in [-0.1, -0.05) is 6.07 Å². The van der Waals surface area contributed by atoms with E-state index in [4.69, 9.17) is 9.72 Å². The minimum atomic E-state index is -0.535. The topological polar surface area (TPSA) is 124 Å². The van der Waals surface area contributed by atoms with E-state index >= 15 is 0 Å². The van der Waals surface area contributed by atoms with Gasteiger partial charge in [0.05, 0.1) is 48.1 Å². The second kappa shape index (κ2) is 9.68. The molecule has 0 aliphatic carbocycles. The summed E-state index contributed by atoms with van der Waals surface area (Å²) in [6.45, 7) is 4.24. The van der Waals surface area contributed by atoms with Gasteiger partial charge in [0.15, 0.2) is 0 Å². The molecule has 2 saturated heterocycles. The predicted octanol–water partition coefficient (Wildman–Crippen LogP) is 3.67. The van der Waals surface area contributed by atoms with Gasteiger partial charge in [0.25, 0.3) is 0 Å². The fourth-order valence-corrected chi connectivity index (χ4v) is 6.44. The molecule has 7 rings (SSSR count). The van der Waals surface area contributed by atoms with Crippen molar-refractivity contribution >= 4 is 11.3 Å². The summed E-state index contributed by atoms with van der Waals surface area (Å²) in [6, 6.07) is 15.1. The highest BCUT2D eigenvalue weighted by Gasteiger charge is 2.59. The van der Waals surface area contributed by atoms with Gasteiger partial charge in [0.1, 0.15) is 11.9 Å². The van der Waals surface area contributed by atoms with Gasteiger partial charge in [-0.3, -0.25) is 9.58 Å². The quantitative estimate of drug-likeness (QED) is 0.308. The molecule has 2 fully saturated rings. The highest BCUT2D eigenvalue weighted by atomic mass is 16.5. The maximum Gasteiger partial charge on any atom is 0.212 e. The number of fused-ring (bicyclic) bond motifs is 2. The van der Waals surface area contributed by atoms with Crippen LogP contribution in [0, 0.1) is 28.1 Å². The lowest BCUT2D eigenvalue weighted by Crippen LogP contribution is -2.65. The molecule has 0 bridgehead atoms. The molecule has 5 aromatic heterocycles. The van der Waals surface area contributed by atoms with Gasteiger partial charge >= 0.3 is 0 Å². The molecule has 2 aliphatic rings. The van der Waals surface area contributed by atoms with Crippen molar-refractivity contribution in [2.45, 2.75) is 25.6 Å². The molecule has 0 amide bonds. The Labute approximate surface area is 242 Å². The van der Waals surface area contributed by atoms with E-state index in [1.165, 1.54) is 0 Å². The molecule has 208 valence electrons. The smallest absolute Gasteiger partial charge is 0.212 e. The second-order valence-electron chi connectivity index (χ2n) is 11.2. The number of likely N-dealkylation sites (tertiary alicyclic amines) is 1. The van der Waals surface area contributed by atoms with Crippen molar-refractivity contribution in [3.05, 3.63) is 78.6 Å². The van der Waals surface area contributed by atoms with Gasteiger partial charge in [0.2, 0.25) is 5.88 Å². The monoisotopic (exact) mass is 556 g/mol. The van der Waals surface area contributed by atoms with Gasteiger partial charge in [-0.2, -0.15) is 20.7 Å². The van der Waals surface area contributed by atoms with Crippen LogP contribution in [0.15, 0.2) is 67.5 Å². The van der Waals surface area contributed by atoms with Crippen molar-refractivity contribution in [2.24, 2.45) is 12.5 Å². The fraction of sp³-hybridized carbons (Fsp3) is 0.290. The highest BCUT2D eigenvalue weighted by molar-refractivity contribution is 5.87. The molecular weight excluding hydrogens is 528 g/mol. The summed E-state index contributed by atoms with van der Waals surface area (Å²) in [4.78, 5) is 13.8. The molecule has 0 saturated carbocycles. The first kappa shape index (κ1) is 25.7. The fourth-order valence-electron chi connectivity index (χ4n) is 6.44. The van der Waals surface area contributed by atoms with Gasteiger partial charge < -0.3 is 9.64 Å². The largest absolute Gasteiger partial charge is 0.481 e. The zero-order valence-corrected chi connectivity index (χ0v) is 23.5. The normalized spacial score (nSPS) is 21.5. The van der Waals surface area contributed by atoms with E-state index in [0.717, 1.165) is 52.2 Å². The number of aryl methyl sites for hydroxylation is 1. The third-order valence-corrected chi connectivity index (χ3v) is 8.51. The van der Waals surface area contributed by atoms with Gasteiger partial charge in [-0.05, 0) is 30.7 Å². The maximum absolute atomic E-state index is 10.2. The Morgan fingerprint density at radius 1 is 1.00 bits per heavy atom. The molecule has 42 heavy (non-hydrogen) atoms. The number of rotatable bonds is 6. The van der Waals surface area contributed by atoms with E-state index in [1.54, 1.807) is 22.5 Å². The summed E-state index contributed by atoms with van der Waals surface area (Å²) >= 11 is 0. The zero-order chi connectivity index (χ0) is 29.0. The van der Waals surface area contributed by atoms with Gasteiger partial charge in [-0.25, -0.2) is 14.5 Å². The molecule has 11 heteroatoms. The SMILES string of the molecule is COc1ccc(CN2CC(C)(C#N)[C@H]3[C@@H]2CN3c2ccc(-c3cc(-c4cnn(C)c4)cn4ncc(C#N)c34)cn2)cn1. The molecule has 2 aliphatic heterocycles. The number of pyridine rings is 3. The first-order chi connectivity index (χ1) is 20.4. The van der Waals surface area contributed by atoms with E-state index < -0.39 is 5.41 Å². The van der Waals surface area contributed by atoms with Crippen LogP contribution in [0.3, 0.4) is 0 Å². The first-order valence-electron chi connectivity index (χ1n) is 13.7. The van der Waals surface area contributed by atoms with Crippen molar-refractivity contribution in [3.8, 4) is 40.3 Å². The van der Waals surface area contributed by atoms with Crippen molar-refractivity contribution in [1.29, 1.82) is 10.5 Å². The molecule has 3 atom stereocenters. The Morgan fingerprint density at radius 2 is 1.88 bits per heavy atom. The molecule has 11 nitrogen and oxygen atoms in total. The molecule has 0 N–H and O–H groups in total. The summed E-state index contributed by atoms with van der Waals surface area (Å²) in [7, 11) is 3.49. The number of nitriles is 2. The minimum Gasteiger partial charge on any atom is -0.481 e. The van der Waals surface area contributed by atoms with E-state index in [-0.39, 0.29) is 12.1 Å². The summed E-state index contributed by atoms with van der Waals surface area (Å²) in [5.74, 6) is 1.42. The maximum atomic E-state index is 10.2. The summed E-state index contributed by atoms with van der Waals surface area (Å²) in [5.41, 5.74) is 5.44. The lowest BCUT2D eigenvalue weighted by atomic mass is 9.78. The van der Waals surface area contributed by atoms with Crippen molar-refractivity contribution in [2.75, 3.05) is 25.1 Å². The molecule has 0 aromatic carbocycles. The molecule has 5 aromatic rings. The number of nitrogens with zero attached hydrogens (tertiary/aromatic N) is 10. The number of hydrogen-bond donors (Lipinski definition) is 0. The van der Waals surface area contributed by atoms with Crippen molar-refractivity contribution < 1.29 is 4.74 Å². The zero-order valence-electron chi connectivity index (χ0n) is 23.5. The number of ether oxygens (including phenoxy) is 1. The summed E-state index contributed by atoms with van der Waals surface area (Å²) in [6.07, 6.45) is 10.9. The first-order valence-corrected chi connectivity index (χ1v) is 13.7. The third-order valence-electron chi connectivity index (χ3n) is 8.51. The van der Waals surface area contributed by atoms with E-state index in [9.17, 15) is 10.5 Å². The number of aromatic nitrogens is 6. The average molecular weight is 557 g/mol. The number of methoxy groups -OCH3 is 1. The summed E-state index contributed by atoms with van der Waals surface area (Å²) in [5, 5.41) is 28.7. The molecule has 0 spiro atoms. The summed E-state index contributed by atoms with van der Waals surface area (Å²) < 4.78 is 8.69. The average Bonchev–Trinajstić information content (AvgIpc) is 3.67. The van der Waals surface area contributed by atoms with E-state index in [1.807, 2.05) is 69.2 Å². The number of hydrogen-bond acceptors (Lipinski definition) is 9. The Hall–Kier alpha value is -5.26. The van der Waals surface area contributed by atoms with Crippen molar-refractivity contribution in [3.63, 3.8) is 0 Å². The van der Waals surface area contributed by atoms with E-state index in [2.05, 4.69) is 43.2 Å². The molecule has 7 heterocycles. The third kappa shape index (κ3) is 4.06. The van der Waals surface area contributed by atoms with Crippen LogP contribution >= 0.6 is 0 Å². The Morgan fingerprint density at radius 3 is 2.55 bits per heavy atom. The molecular formula is C31H28N10O. The van der Waals surface area contributed by atoms with Crippen LogP contribution in [0.1, 0.15) is 18.1 Å². The molecule has 1 unspecified atom stereocenters. The molecule has 0 radical (unpaired) electrons. The minimum absolute atomic E-state index is 0.0349. The van der Waals surface area contributed by atoms with Crippen LogP contribution in [-0.4, -0.2) is 66.5 Å². The standard InChI is InChI=1S/C31H28N10O/c1-31(18-33)19-39(14-20-4-7-28(42-3)35-10-20)26-17-40(30(26)31)27-6-5-21(11-34-27)25-8-22(24-13-36-38(2)15-24)16-41-29(25)23(9-32)12-37-41/h4-8,10-13,15-16,26,30H,14,17,19H2,1-3H3/t26-,30+,31?/m0/s1. The lowest BCUT2D eigenvalue weighted by molar-refractivity contribution is 0.192. The van der Waals surface area contributed by atoms with Crippen molar-refractivity contribution in [1.82, 2.24) is 34.3 Å². The highest BCUT2D eigenvalue weighted by Crippen LogP contribution is 2.46. The Kier molecular flexibility index (Phi) is 5.92. The lowest BCUT2D eigenvalue weighted by Gasteiger charge is -2.50. The Bertz CT molecular complexity index is 1880. The number of anilines is 1. The van der Waals surface area contributed by atoms with Gasteiger partial charge in [-0.15, -0.1) is 0 Å². The Balaban J connectivity index is 1.18. The van der Waals surface area contributed by atoms with Crippen LogP contribution in [0.5, 0.6) is 5.88 Å². The van der Waals surface area contributed by atoms with Crippen LogP contribution in [0.2, 0.25) is 0 Å². The van der Waals surface area contributed by atoms with Gasteiger partial charge in [0, 0.05) is 85.8 Å².